The van der Waals surface area contributed by atoms with Gasteiger partial charge >= 0.3 is 0 Å². The summed E-state index contributed by atoms with van der Waals surface area (Å²) in [5, 5.41) is 7.87. The second kappa shape index (κ2) is 12.8. The van der Waals surface area contributed by atoms with Gasteiger partial charge in [0.05, 0.1) is 0 Å². The van der Waals surface area contributed by atoms with Gasteiger partial charge in [0.25, 0.3) is 0 Å². The molecule has 2 heterocycles. The van der Waals surface area contributed by atoms with Crippen LogP contribution in [0.4, 0.5) is 0 Å². The van der Waals surface area contributed by atoms with Gasteiger partial charge in [-0.1, -0.05) is 20.8 Å². The van der Waals surface area contributed by atoms with Gasteiger partial charge in [-0.15, -0.1) is 24.0 Å². The maximum Gasteiger partial charge on any atom is 0 e. The molecule has 2 aromatic rings. The molecule has 2 saturated heterocycles. The van der Waals surface area contributed by atoms with Gasteiger partial charge in [-0.2, -0.15) is 11.6 Å². The third-order valence-corrected chi connectivity index (χ3v) is 15.3. The first-order valence-corrected chi connectivity index (χ1v) is 17.8. The van der Waals surface area contributed by atoms with Crippen LogP contribution in [0, 0.1) is 40.4 Å². The summed E-state index contributed by atoms with van der Waals surface area (Å²) in [6.45, 7) is 12.4. The molecule has 8 rings (SSSR count). The number of rotatable bonds is 5. The Hall–Kier alpha value is -0.000519. The number of nitrogens with one attached hydrogen (secondary N) is 2. The molecule has 5 heteroatoms. The Morgan fingerprint density at radius 3 is 1.66 bits per heavy atom. The molecule has 0 radical (unpaired) electrons. The molecular weight excluding hydrogens is 578 g/mol. The fraction of sp³-hybridized carbons (Fsp3) is 0.722. The minimum absolute atomic E-state index is 0. The van der Waals surface area contributed by atoms with E-state index in [4.69, 9.17) is 0 Å². The van der Waals surface area contributed by atoms with E-state index in [1.165, 1.54) is 90.4 Å². The predicted molar refractivity (Wildman–Crippen MR) is 178 cm³/mol. The zero-order valence-corrected chi connectivity index (χ0v) is 29.3. The molecule has 6 fully saturated rings. The minimum Gasteiger partial charge on any atom is -0.748 e. The van der Waals surface area contributed by atoms with Crippen molar-refractivity contribution in [2.24, 2.45) is 40.4 Å². The summed E-state index contributed by atoms with van der Waals surface area (Å²) in [4.78, 5) is 0. The monoisotopic (exact) mass is 634 g/mol. The quantitative estimate of drug-likeness (QED) is 0.197. The molecule has 41 heavy (non-hydrogen) atoms. The predicted octanol–water partition coefficient (Wildman–Crippen LogP) is 8.21. The molecule has 4 saturated carbocycles. The summed E-state index contributed by atoms with van der Waals surface area (Å²) in [6.07, 6.45) is 14.3. The second-order valence-electron chi connectivity index (χ2n) is 15.6. The second-order valence-corrected chi connectivity index (χ2v) is 17.4. The van der Waals surface area contributed by atoms with Crippen LogP contribution in [0.25, 0.3) is 0 Å². The van der Waals surface area contributed by atoms with Crippen molar-refractivity contribution in [3.63, 3.8) is 0 Å². The molecule has 4 bridgehead atoms. The van der Waals surface area contributed by atoms with Gasteiger partial charge in [-0.25, -0.2) is 12.1 Å². The molecule has 2 nitrogen and oxygen atoms in total. The third kappa shape index (κ3) is 5.78. The van der Waals surface area contributed by atoms with Gasteiger partial charge < -0.3 is 41.0 Å². The van der Waals surface area contributed by atoms with Crippen molar-refractivity contribution in [1.82, 2.24) is 10.6 Å². The SMILES string of the molecule is CC(C)(C)C(P)([c-]1cccc1C(P)(C1CCCNC1)C1CCCNC1)C12CC3CC(CC(C3)C1)C2.[Fe].[cH-]1[cH-][cH-][cH-][cH-]1. The zero-order chi connectivity index (χ0) is 28.0. The van der Waals surface area contributed by atoms with Crippen molar-refractivity contribution in [3.8, 4) is 0 Å². The average Bonchev–Trinajstić information content (AvgIpc) is 3.68. The van der Waals surface area contributed by atoms with E-state index in [0.717, 1.165) is 17.8 Å². The van der Waals surface area contributed by atoms with Crippen molar-refractivity contribution < 1.29 is 17.1 Å². The Bertz CT molecular complexity index is 1020. The molecule has 2 N–H and O–H groups in total. The maximum absolute atomic E-state index is 3.80. The first-order chi connectivity index (χ1) is 19.2. The Balaban J connectivity index is 0.000000510. The van der Waals surface area contributed by atoms with E-state index < -0.39 is 0 Å². The van der Waals surface area contributed by atoms with Crippen LogP contribution in [0.1, 0.15) is 96.1 Å². The van der Waals surface area contributed by atoms with Gasteiger partial charge in [0.1, 0.15) is 0 Å². The van der Waals surface area contributed by atoms with Crippen LogP contribution in [0.2, 0.25) is 0 Å². The van der Waals surface area contributed by atoms with Gasteiger partial charge in [-0.3, -0.25) is 0 Å². The zero-order valence-electron chi connectivity index (χ0n) is 25.9. The van der Waals surface area contributed by atoms with E-state index in [2.05, 4.69) is 68.1 Å². The molecule has 5 unspecified atom stereocenters. The molecule has 234 valence electrons. The van der Waals surface area contributed by atoms with Crippen LogP contribution in [0.3, 0.4) is 0 Å². The van der Waals surface area contributed by atoms with Crippen molar-refractivity contribution in [3.05, 3.63) is 59.7 Å². The van der Waals surface area contributed by atoms with Gasteiger partial charge in [0.2, 0.25) is 0 Å². The summed E-state index contributed by atoms with van der Waals surface area (Å²) in [5.41, 5.74) is 4.02. The van der Waals surface area contributed by atoms with Gasteiger partial charge in [0, 0.05) is 17.1 Å². The molecule has 2 aliphatic heterocycles. The molecule has 4 aliphatic carbocycles. The van der Waals surface area contributed by atoms with E-state index in [0.29, 0.717) is 17.3 Å². The largest absolute Gasteiger partial charge is 0.748 e. The van der Waals surface area contributed by atoms with Gasteiger partial charge in [-0.05, 0) is 141 Å². The summed E-state index contributed by atoms with van der Waals surface area (Å²) >= 11 is 0. The first-order valence-electron chi connectivity index (χ1n) is 16.6. The Labute approximate surface area is 266 Å². The van der Waals surface area contributed by atoms with E-state index >= 15 is 0 Å². The van der Waals surface area contributed by atoms with E-state index in [-0.39, 0.29) is 32.8 Å². The average molecular weight is 635 g/mol. The number of hydrogen-bond donors (Lipinski definition) is 2. The molecule has 5 atom stereocenters. The van der Waals surface area contributed by atoms with E-state index in [1.807, 2.05) is 30.3 Å². The molecule has 0 aromatic heterocycles. The van der Waals surface area contributed by atoms with Crippen LogP contribution in [0.5, 0.6) is 0 Å². The van der Waals surface area contributed by atoms with Crippen LogP contribution in [-0.2, 0) is 27.4 Å². The first kappa shape index (κ1) is 32.4. The summed E-state index contributed by atoms with van der Waals surface area (Å²) in [5.74, 6) is 4.32. The topological polar surface area (TPSA) is 24.1 Å². The van der Waals surface area contributed by atoms with Crippen LogP contribution >= 0.6 is 18.5 Å². The van der Waals surface area contributed by atoms with E-state index in [1.54, 1.807) is 11.1 Å². The van der Waals surface area contributed by atoms with Crippen LogP contribution in [0.15, 0.2) is 48.5 Å². The number of piperidine rings is 2. The van der Waals surface area contributed by atoms with Gasteiger partial charge in [0.15, 0.2) is 0 Å². The third-order valence-electron chi connectivity index (χ3n) is 12.3. The van der Waals surface area contributed by atoms with Crippen LogP contribution in [-0.4, -0.2) is 26.2 Å². The van der Waals surface area contributed by atoms with Crippen molar-refractivity contribution in [2.45, 2.75) is 95.3 Å². The van der Waals surface area contributed by atoms with E-state index in [9.17, 15) is 0 Å². The number of hydrogen-bond acceptors (Lipinski definition) is 2. The summed E-state index contributed by atoms with van der Waals surface area (Å²) < 4.78 is 0. The molecule has 6 aliphatic rings. The molecule has 2 aromatic carbocycles. The fourth-order valence-electron chi connectivity index (χ4n) is 10.8. The summed E-state index contributed by atoms with van der Waals surface area (Å²) in [6, 6.07) is 17.6. The fourth-order valence-corrected chi connectivity index (χ4v) is 12.3. The smallest absolute Gasteiger partial charge is 0 e. The Morgan fingerprint density at radius 2 is 1.27 bits per heavy atom. The Kier molecular flexibility index (Phi) is 10.1. The summed E-state index contributed by atoms with van der Waals surface area (Å²) in [7, 11) is 7.17. The minimum atomic E-state index is 0. The van der Waals surface area contributed by atoms with Crippen molar-refractivity contribution in [1.29, 1.82) is 0 Å². The molecular formula is C36H56FeN2P2-6. The van der Waals surface area contributed by atoms with Crippen molar-refractivity contribution >= 4 is 18.5 Å². The molecule has 0 amide bonds. The Morgan fingerprint density at radius 1 is 0.805 bits per heavy atom. The standard InChI is InChI=1S/C31H51N2P2.C5H5.Fe/c1-28(2,3)31(35,29-16-21-13-22(17-29)15-23(14-21)18-29)27-10-4-9-26(27)30(34,24-7-5-11-32-19-24)25-8-6-12-33-20-25;1-2-4-5-3-1;/h4,9-10,21-25,32-33H,5-8,11-20,34-35H2,1-3H3;1-5H;/q-1;-5;. The van der Waals surface area contributed by atoms with Crippen molar-refractivity contribution in [2.75, 3.05) is 26.2 Å². The normalized spacial score (nSPS) is 35.9. The maximum atomic E-state index is 3.80. The van der Waals surface area contributed by atoms with Crippen LogP contribution < -0.4 is 10.6 Å². The molecule has 0 spiro atoms.